The smallest absolute Gasteiger partial charge is 0.413 e. The van der Waals surface area contributed by atoms with Crippen LogP contribution in [-0.2, 0) is 17.8 Å². The summed E-state index contributed by atoms with van der Waals surface area (Å²) in [6.07, 6.45) is -1.21. The third kappa shape index (κ3) is 3.53. The molecule has 2 aromatic heterocycles. The van der Waals surface area contributed by atoms with Crippen molar-refractivity contribution < 1.29 is 19.9 Å². The number of carbonyl (C=O) groups excluding carboxylic acids is 1. The average Bonchev–Trinajstić information content (AvgIpc) is 3.06. The van der Waals surface area contributed by atoms with E-state index in [-0.39, 0.29) is 13.0 Å². The number of anilines is 1. The van der Waals surface area contributed by atoms with Gasteiger partial charge in [-0.2, -0.15) is 11.3 Å². The fourth-order valence-corrected chi connectivity index (χ4v) is 2.96. The highest BCUT2D eigenvalue weighted by Crippen LogP contribution is 2.23. The van der Waals surface area contributed by atoms with Crippen LogP contribution in [0.2, 0.25) is 0 Å². The fourth-order valence-electron chi connectivity index (χ4n) is 1.49. The zero-order valence-electron chi connectivity index (χ0n) is 10.1. The second kappa shape index (κ2) is 6.46. The summed E-state index contributed by atoms with van der Waals surface area (Å²) in [6.45, 7) is 0.206. The Hall–Kier alpha value is -1.97. The van der Waals surface area contributed by atoms with Gasteiger partial charge in [-0.15, -0.1) is 11.3 Å². The van der Waals surface area contributed by atoms with Gasteiger partial charge in [-0.1, -0.05) is 0 Å². The summed E-state index contributed by atoms with van der Waals surface area (Å²) >= 11 is 2.62. The molecule has 2 amide bonds. The third-order valence-corrected chi connectivity index (χ3v) is 4.03. The van der Waals surface area contributed by atoms with Crippen molar-refractivity contribution in [3.05, 3.63) is 33.5 Å². The molecule has 0 radical (unpaired) electrons. The Bertz CT molecular complexity index is 597. The number of rotatable bonds is 5. The highest BCUT2D eigenvalue weighted by molar-refractivity contribution is 7.14. The van der Waals surface area contributed by atoms with Crippen LogP contribution in [0.15, 0.2) is 22.2 Å². The topological polar surface area (TPSA) is 103 Å². The van der Waals surface area contributed by atoms with Crippen molar-refractivity contribution in [2.45, 2.75) is 13.0 Å². The van der Waals surface area contributed by atoms with Gasteiger partial charge in [0.05, 0.1) is 18.7 Å². The van der Waals surface area contributed by atoms with E-state index in [1.807, 2.05) is 16.8 Å². The monoisotopic (exact) mass is 313 g/mol. The van der Waals surface area contributed by atoms with Gasteiger partial charge in [-0.05, 0) is 22.4 Å². The van der Waals surface area contributed by atoms with E-state index in [4.69, 9.17) is 5.21 Å². The lowest BCUT2D eigenvalue weighted by atomic mass is 10.3. The van der Waals surface area contributed by atoms with Crippen molar-refractivity contribution in [2.75, 3.05) is 4.90 Å². The van der Waals surface area contributed by atoms with Gasteiger partial charge in [0.2, 0.25) is 5.91 Å². The Morgan fingerprint density at radius 3 is 2.80 bits per heavy atom. The van der Waals surface area contributed by atoms with Crippen LogP contribution >= 0.6 is 22.7 Å². The molecule has 0 saturated heterocycles. The van der Waals surface area contributed by atoms with Crippen LogP contribution in [0.4, 0.5) is 9.93 Å². The number of nitrogens with zero attached hydrogens (tertiary/aromatic N) is 2. The van der Waals surface area contributed by atoms with Crippen LogP contribution < -0.4 is 10.4 Å². The Labute approximate surface area is 122 Å². The highest BCUT2D eigenvalue weighted by atomic mass is 32.1. The van der Waals surface area contributed by atoms with Gasteiger partial charge in [-0.3, -0.25) is 10.0 Å². The van der Waals surface area contributed by atoms with E-state index in [9.17, 15) is 14.7 Å². The molecule has 106 valence electrons. The molecule has 3 N–H and O–H groups in total. The van der Waals surface area contributed by atoms with E-state index in [2.05, 4.69) is 4.98 Å². The molecule has 0 spiro atoms. The van der Waals surface area contributed by atoms with Crippen molar-refractivity contribution in [3.63, 3.8) is 0 Å². The molecule has 0 aliphatic heterocycles. The van der Waals surface area contributed by atoms with Gasteiger partial charge in [0.1, 0.15) is 0 Å². The molecule has 2 aromatic rings. The van der Waals surface area contributed by atoms with Crippen molar-refractivity contribution in [3.8, 4) is 0 Å². The maximum absolute atomic E-state index is 11.3. The minimum atomic E-state index is -1.11. The first-order valence-corrected chi connectivity index (χ1v) is 7.31. The first kappa shape index (κ1) is 14.4. The number of nitrogens with one attached hydrogen (secondary N) is 1. The molecule has 0 aromatic carbocycles. The van der Waals surface area contributed by atoms with Crippen LogP contribution in [0.25, 0.3) is 0 Å². The van der Waals surface area contributed by atoms with Crippen LogP contribution in [-0.4, -0.2) is 27.3 Å². The quantitative estimate of drug-likeness (QED) is 0.578. The molecular weight excluding hydrogens is 302 g/mol. The van der Waals surface area contributed by atoms with E-state index >= 15 is 0 Å². The van der Waals surface area contributed by atoms with Crippen molar-refractivity contribution in [1.29, 1.82) is 0 Å². The van der Waals surface area contributed by atoms with Crippen LogP contribution in [0.1, 0.15) is 11.3 Å². The number of amides is 2. The second-order valence-corrected chi connectivity index (χ2v) is 5.45. The minimum absolute atomic E-state index is 0.0983. The lowest BCUT2D eigenvalue weighted by Gasteiger charge is -2.14. The van der Waals surface area contributed by atoms with Gasteiger partial charge in [0.25, 0.3) is 0 Å². The maximum atomic E-state index is 11.3. The van der Waals surface area contributed by atoms with E-state index in [0.717, 1.165) is 21.8 Å². The predicted molar refractivity (Wildman–Crippen MR) is 74.3 cm³/mol. The summed E-state index contributed by atoms with van der Waals surface area (Å²) in [5.41, 5.74) is 2.80. The largest absolute Gasteiger partial charge is 0.465 e. The molecule has 0 atom stereocenters. The van der Waals surface area contributed by atoms with Gasteiger partial charge in [0, 0.05) is 5.38 Å². The van der Waals surface area contributed by atoms with Crippen LogP contribution in [0.5, 0.6) is 0 Å². The normalized spacial score (nSPS) is 10.2. The number of thiophene rings is 1. The van der Waals surface area contributed by atoms with Crippen LogP contribution in [0.3, 0.4) is 0 Å². The molecule has 0 saturated carbocycles. The summed E-state index contributed by atoms with van der Waals surface area (Å²) in [5.74, 6) is -0.596. The Kier molecular flexibility index (Phi) is 4.66. The summed E-state index contributed by atoms with van der Waals surface area (Å²) in [4.78, 5) is 27.5. The van der Waals surface area contributed by atoms with Gasteiger partial charge < -0.3 is 5.11 Å². The number of carboxylic acid groups (broad SMARTS) is 1. The van der Waals surface area contributed by atoms with Crippen LogP contribution in [0, 0.1) is 0 Å². The SMILES string of the molecule is O=C(Cc1csc(N(Cc2ccsc2)C(=O)O)n1)NO. The van der Waals surface area contributed by atoms with Crippen molar-refractivity contribution in [1.82, 2.24) is 10.5 Å². The van der Waals surface area contributed by atoms with Gasteiger partial charge >= 0.3 is 6.09 Å². The van der Waals surface area contributed by atoms with E-state index in [0.29, 0.717) is 10.8 Å². The zero-order chi connectivity index (χ0) is 14.5. The Morgan fingerprint density at radius 2 is 2.20 bits per heavy atom. The zero-order valence-corrected chi connectivity index (χ0v) is 11.8. The molecule has 0 aliphatic carbocycles. The molecule has 20 heavy (non-hydrogen) atoms. The highest BCUT2D eigenvalue weighted by Gasteiger charge is 2.19. The summed E-state index contributed by atoms with van der Waals surface area (Å²) in [6, 6.07) is 1.84. The number of hydrogen-bond acceptors (Lipinski definition) is 6. The molecule has 0 unspecified atom stereocenters. The second-order valence-electron chi connectivity index (χ2n) is 3.83. The number of hydroxylamine groups is 1. The minimum Gasteiger partial charge on any atom is -0.465 e. The van der Waals surface area contributed by atoms with Gasteiger partial charge in [-0.25, -0.2) is 20.2 Å². The van der Waals surface area contributed by atoms with E-state index in [1.54, 1.807) is 5.38 Å². The summed E-state index contributed by atoms with van der Waals surface area (Å²) in [7, 11) is 0. The summed E-state index contributed by atoms with van der Waals surface area (Å²) in [5, 5.41) is 23.3. The molecule has 0 bridgehead atoms. The molecule has 2 rings (SSSR count). The fraction of sp³-hybridized carbons (Fsp3) is 0.182. The lowest BCUT2D eigenvalue weighted by Crippen LogP contribution is -2.28. The number of carbonyl (C=O) groups is 2. The molecular formula is C11H11N3O4S2. The molecule has 0 aliphatic rings. The molecule has 9 heteroatoms. The predicted octanol–water partition coefficient (Wildman–Crippen LogP) is 1.94. The third-order valence-electron chi connectivity index (χ3n) is 2.39. The maximum Gasteiger partial charge on any atom is 0.413 e. The molecule has 0 fully saturated rings. The lowest BCUT2D eigenvalue weighted by molar-refractivity contribution is -0.128. The molecule has 2 heterocycles. The Morgan fingerprint density at radius 1 is 1.40 bits per heavy atom. The first-order valence-electron chi connectivity index (χ1n) is 5.49. The van der Waals surface area contributed by atoms with Crippen molar-refractivity contribution in [2.24, 2.45) is 0 Å². The van der Waals surface area contributed by atoms with E-state index < -0.39 is 12.0 Å². The standard InChI is InChI=1S/C11H11N3O4S2/c15-9(13-18)3-8-6-20-10(12-8)14(11(16)17)4-7-1-2-19-5-7/h1-2,5-6,18H,3-4H2,(H,13,15)(H,16,17). The van der Waals surface area contributed by atoms with E-state index in [1.165, 1.54) is 16.8 Å². The number of aromatic nitrogens is 1. The average molecular weight is 313 g/mol. The molecule has 7 nitrogen and oxygen atoms in total. The first-order chi connectivity index (χ1) is 9.60. The van der Waals surface area contributed by atoms with Crippen molar-refractivity contribution >= 4 is 39.8 Å². The Balaban J connectivity index is 2.13. The summed E-state index contributed by atoms with van der Waals surface area (Å²) < 4.78 is 0. The number of thiazole rings is 1. The van der Waals surface area contributed by atoms with Gasteiger partial charge in [0.15, 0.2) is 5.13 Å². The number of hydrogen-bond donors (Lipinski definition) is 3.